The van der Waals surface area contributed by atoms with Crippen LogP contribution in [0.25, 0.3) is 0 Å². The van der Waals surface area contributed by atoms with E-state index in [2.05, 4.69) is 5.32 Å². The van der Waals surface area contributed by atoms with E-state index in [-0.39, 0.29) is 12.3 Å². The quantitative estimate of drug-likeness (QED) is 0.674. The summed E-state index contributed by atoms with van der Waals surface area (Å²) in [5.41, 5.74) is 0. The molecule has 0 spiro atoms. The molecule has 2 atom stereocenters. The van der Waals surface area contributed by atoms with Gasteiger partial charge < -0.3 is 10.4 Å². The Balaban J connectivity index is 2.66. The van der Waals surface area contributed by atoms with Gasteiger partial charge in [0.25, 0.3) is 0 Å². The summed E-state index contributed by atoms with van der Waals surface area (Å²) in [6.07, 6.45) is 2.05. The summed E-state index contributed by atoms with van der Waals surface area (Å²) >= 11 is 0. The summed E-state index contributed by atoms with van der Waals surface area (Å²) in [5, 5.41) is 11.5. The number of carboxylic acid groups (broad SMARTS) is 1. The Morgan fingerprint density at radius 1 is 1.38 bits per heavy atom. The summed E-state index contributed by atoms with van der Waals surface area (Å²) in [6.45, 7) is 3.90. The number of aliphatic carboxylic acids is 1. The molecule has 1 fully saturated rings. The third-order valence-corrected chi connectivity index (χ3v) is 5.77. The van der Waals surface area contributed by atoms with E-state index in [4.69, 9.17) is 5.11 Å². The highest BCUT2D eigenvalue weighted by molar-refractivity contribution is 7.89. The molecule has 1 heterocycles. The van der Waals surface area contributed by atoms with Crippen molar-refractivity contribution in [3.8, 4) is 0 Å². The first kappa shape index (κ1) is 17.9. The molecule has 0 saturated carbocycles. The highest BCUT2D eigenvalue weighted by Gasteiger charge is 2.38. The predicted octanol–water partition coefficient (Wildman–Crippen LogP) is 0.418. The van der Waals surface area contributed by atoms with Crippen LogP contribution in [-0.2, 0) is 19.6 Å². The van der Waals surface area contributed by atoms with E-state index in [1.165, 1.54) is 4.31 Å². The Kier molecular flexibility index (Phi) is 6.60. The Hall–Kier alpha value is -1.15. The van der Waals surface area contributed by atoms with E-state index in [9.17, 15) is 18.0 Å². The molecule has 1 amide bonds. The minimum Gasteiger partial charge on any atom is -0.481 e. The zero-order valence-corrected chi connectivity index (χ0v) is 13.4. The largest absolute Gasteiger partial charge is 0.481 e. The topological polar surface area (TPSA) is 104 Å². The van der Waals surface area contributed by atoms with Gasteiger partial charge >= 0.3 is 5.97 Å². The molecule has 7 nitrogen and oxygen atoms in total. The molecular weight excluding hydrogens is 296 g/mol. The number of amides is 1. The number of nitrogens with one attached hydrogen (secondary N) is 1. The molecule has 0 aromatic carbocycles. The molecule has 122 valence electrons. The molecule has 2 unspecified atom stereocenters. The monoisotopic (exact) mass is 320 g/mol. The maximum absolute atomic E-state index is 12.1. The van der Waals surface area contributed by atoms with Crippen LogP contribution < -0.4 is 5.32 Å². The van der Waals surface area contributed by atoms with Gasteiger partial charge in [0.1, 0.15) is 6.04 Å². The molecule has 1 aliphatic heterocycles. The molecule has 21 heavy (non-hydrogen) atoms. The van der Waals surface area contributed by atoms with Crippen molar-refractivity contribution in [2.24, 2.45) is 5.92 Å². The van der Waals surface area contributed by atoms with Crippen molar-refractivity contribution in [2.45, 2.75) is 45.6 Å². The van der Waals surface area contributed by atoms with Crippen LogP contribution in [0.15, 0.2) is 0 Å². The van der Waals surface area contributed by atoms with Crippen molar-refractivity contribution >= 4 is 21.9 Å². The normalized spacial score (nSPS) is 21.1. The molecule has 8 heteroatoms. The van der Waals surface area contributed by atoms with Gasteiger partial charge in [0.2, 0.25) is 15.9 Å². The van der Waals surface area contributed by atoms with Crippen LogP contribution >= 0.6 is 0 Å². The van der Waals surface area contributed by atoms with Gasteiger partial charge in [-0.1, -0.05) is 13.8 Å². The molecule has 1 rings (SSSR count). The van der Waals surface area contributed by atoms with Crippen LogP contribution in [0.5, 0.6) is 0 Å². The van der Waals surface area contributed by atoms with Crippen molar-refractivity contribution < 1.29 is 23.1 Å². The predicted molar refractivity (Wildman–Crippen MR) is 78.2 cm³/mol. The second kappa shape index (κ2) is 7.74. The van der Waals surface area contributed by atoms with Crippen LogP contribution in [-0.4, -0.2) is 54.6 Å². The first-order valence-corrected chi connectivity index (χ1v) is 8.94. The molecule has 0 aliphatic carbocycles. The van der Waals surface area contributed by atoms with Gasteiger partial charge in [0, 0.05) is 13.1 Å². The Morgan fingerprint density at radius 3 is 2.57 bits per heavy atom. The lowest BCUT2D eigenvalue weighted by Crippen LogP contribution is -2.47. The van der Waals surface area contributed by atoms with E-state index >= 15 is 0 Å². The smallest absolute Gasteiger partial charge is 0.308 e. The average molecular weight is 320 g/mol. The maximum atomic E-state index is 12.1. The summed E-state index contributed by atoms with van der Waals surface area (Å²) < 4.78 is 25.5. The fourth-order valence-electron chi connectivity index (χ4n) is 2.46. The van der Waals surface area contributed by atoms with E-state index < -0.39 is 33.9 Å². The van der Waals surface area contributed by atoms with Gasteiger partial charge in [-0.05, 0) is 25.7 Å². The number of carboxylic acids is 1. The molecule has 1 aliphatic rings. The molecular formula is C13H24N2O5S. The number of hydrogen-bond donors (Lipinski definition) is 2. The number of carbonyl (C=O) groups excluding carboxylic acids is 1. The molecule has 2 N–H and O–H groups in total. The maximum Gasteiger partial charge on any atom is 0.308 e. The Labute approximate surface area is 125 Å². The lowest BCUT2D eigenvalue weighted by molar-refractivity contribution is -0.141. The van der Waals surface area contributed by atoms with Crippen molar-refractivity contribution in [1.29, 1.82) is 0 Å². The van der Waals surface area contributed by atoms with E-state index in [1.807, 2.05) is 0 Å². The van der Waals surface area contributed by atoms with Gasteiger partial charge in [0.05, 0.1) is 11.7 Å². The number of carbonyl (C=O) groups is 2. The summed E-state index contributed by atoms with van der Waals surface area (Å²) in [5.74, 6) is -1.97. The Bertz CT molecular complexity index is 477. The molecule has 0 aromatic rings. The number of hydrogen-bond acceptors (Lipinski definition) is 4. The summed E-state index contributed by atoms with van der Waals surface area (Å²) in [6, 6.07) is -0.701. The number of nitrogens with zero attached hydrogens (tertiary/aromatic N) is 1. The highest BCUT2D eigenvalue weighted by Crippen LogP contribution is 2.22. The molecule has 0 radical (unpaired) electrons. The minimum absolute atomic E-state index is 0.0306. The van der Waals surface area contributed by atoms with Crippen LogP contribution in [0.4, 0.5) is 0 Å². The fourth-order valence-corrected chi connectivity index (χ4v) is 4.20. The third kappa shape index (κ3) is 4.67. The van der Waals surface area contributed by atoms with Crippen LogP contribution in [0, 0.1) is 5.92 Å². The average Bonchev–Trinajstić information content (AvgIpc) is 2.88. The summed E-state index contributed by atoms with van der Waals surface area (Å²) in [4.78, 5) is 23.1. The minimum atomic E-state index is -3.41. The van der Waals surface area contributed by atoms with E-state index in [1.54, 1.807) is 13.8 Å². The number of rotatable bonds is 8. The molecule has 0 aromatic heterocycles. The second-order valence-corrected chi connectivity index (χ2v) is 7.31. The van der Waals surface area contributed by atoms with Crippen LogP contribution in [0.1, 0.15) is 39.5 Å². The Morgan fingerprint density at radius 2 is 2.05 bits per heavy atom. The summed E-state index contributed by atoms with van der Waals surface area (Å²) in [7, 11) is -3.41. The first-order chi connectivity index (χ1) is 9.83. The van der Waals surface area contributed by atoms with Gasteiger partial charge in [0.15, 0.2) is 0 Å². The highest BCUT2D eigenvalue weighted by atomic mass is 32.2. The van der Waals surface area contributed by atoms with Crippen LogP contribution in [0.2, 0.25) is 0 Å². The van der Waals surface area contributed by atoms with E-state index in [0.29, 0.717) is 32.2 Å². The van der Waals surface area contributed by atoms with Gasteiger partial charge in [-0.25, -0.2) is 8.42 Å². The second-order valence-electron chi connectivity index (χ2n) is 5.27. The standard InChI is InChI=1S/C13H24N2O5S/c1-3-8-21(19,20)15-7-5-6-11(15)12(16)14-9-10(4-2)13(17)18/h10-11H,3-9H2,1-2H3,(H,14,16)(H,17,18). The SMILES string of the molecule is CCCS(=O)(=O)N1CCCC1C(=O)NCC(CC)C(=O)O. The molecule has 0 bridgehead atoms. The van der Waals surface area contributed by atoms with Crippen molar-refractivity contribution in [3.63, 3.8) is 0 Å². The molecule has 1 saturated heterocycles. The zero-order chi connectivity index (χ0) is 16.0. The van der Waals surface area contributed by atoms with Crippen molar-refractivity contribution in [1.82, 2.24) is 9.62 Å². The number of sulfonamides is 1. The van der Waals surface area contributed by atoms with E-state index in [0.717, 1.165) is 0 Å². The fraction of sp³-hybridized carbons (Fsp3) is 0.846. The van der Waals surface area contributed by atoms with Gasteiger partial charge in [-0.15, -0.1) is 0 Å². The first-order valence-electron chi connectivity index (χ1n) is 7.33. The van der Waals surface area contributed by atoms with Gasteiger partial charge in [-0.3, -0.25) is 9.59 Å². The van der Waals surface area contributed by atoms with Crippen molar-refractivity contribution in [3.05, 3.63) is 0 Å². The lowest BCUT2D eigenvalue weighted by atomic mass is 10.1. The van der Waals surface area contributed by atoms with Gasteiger partial charge in [-0.2, -0.15) is 4.31 Å². The zero-order valence-electron chi connectivity index (χ0n) is 12.5. The third-order valence-electron chi connectivity index (χ3n) is 3.69. The van der Waals surface area contributed by atoms with Crippen LogP contribution in [0.3, 0.4) is 0 Å². The van der Waals surface area contributed by atoms with Crippen molar-refractivity contribution in [2.75, 3.05) is 18.8 Å². The lowest BCUT2D eigenvalue weighted by Gasteiger charge is -2.23.